The van der Waals surface area contributed by atoms with Gasteiger partial charge in [0.1, 0.15) is 0 Å². The average molecular weight is 316 g/mol. The Kier molecular flexibility index (Phi) is 4.82. The van der Waals surface area contributed by atoms with E-state index in [1.54, 1.807) is 18.2 Å². The average Bonchev–Trinajstić information content (AvgIpc) is 2.47. The minimum absolute atomic E-state index is 0.00455. The van der Waals surface area contributed by atoms with Gasteiger partial charge < -0.3 is 5.11 Å². The van der Waals surface area contributed by atoms with Crippen molar-refractivity contribution >= 4 is 11.3 Å². The summed E-state index contributed by atoms with van der Waals surface area (Å²) in [5, 5.41) is 19.6. The minimum Gasteiger partial charge on any atom is -0.382 e. The lowest BCUT2D eigenvalue weighted by Crippen LogP contribution is -2.42. The molecule has 2 rings (SSSR count). The highest BCUT2D eigenvalue weighted by Gasteiger charge is 2.39. The molecule has 0 spiro atoms. The zero-order valence-electron chi connectivity index (χ0n) is 11.6. The number of nitro groups is 1. The number of hydrogen-bond acceptors (Lipinski definition) is 4. The maximum Gasteiger partial charge on any atom is 0.415 e. The molecule has 0 bridgehead atoms. The summed E-state index contributed by atoms with van der Waals surface area (Å²) in [6.07, 6.45) is -4.64. The number of aliphatic hydroxyl groups excluding tert-OH is 1. The standard InChI is InChI=1S/C14H15F3N2O3/c15-14(16,17)13(20)9-18-7-5-11(6-8-18)10-1-3-12(4-2-10)19(21)22/h1-5,13,20H,6-9H2. The Morgan fingerprint density at radius 2 is 1.95 bits per heavy atom. The van der Waals surface area contributed by atoms with Crippen molar-refractivity contribution in [1.29, 1.82) is 0 Å². The highest BCUT2D eigenvalue weighted by Crippen LogP contribution is 2.26. The van der Waals surface area contributed by atoms with Gasteiger partial charge in [0.15, 0.2) is 6.10 Å². The Bertz CT molecular complexity index is 570. The molecule has 0 fully saturated rings. The highest BCUT2D eigenvalue weighted by molar-refractivity contribution is 5.67. The Labute approximate surface area is 124 Å². The van der Waals surface area contributed by atoms with E-state index in [9.17, 15) is 23.3 Å². The van der Waals surface area contributed by atoms with E-state index in [0.717, 1.165) is 11.1 Å². The molecule has 1 unspecified atom stereocenters. The summed E-state index contributed by atoms with van der Waals surface area (Å²) in [6, 6.07) is 6.06. The molecule has 5 nitrogen and oxygen atoms in total. The molecule has 8 heteroatoms. The van der Waals surface area contributed by atoms with Gasteiger partial charge in [-0.05, 0) is 29.7 Å². The van der Waals surface area contributed by atoms with Gasteiger partial charge in [0.25, 0.3) is 5.69 Å². The predicted octanol–water partition coefficient (Wildman–Crippen LogP) is 2.61. The van der Waals surface area contributed by atoms with Crippen molar-refractivity contribution in [2.24, 2.45) is 0 Å². The van der Waals surface area contributed by atoms with Crippen LogP contribution < -0.4 is 0 Å². The van der Waals surface area contributed by atoms with E-state index in [4.69, 9.17) is 5.11 Å². The molecule has 1 aliphatic heterocycles. The minimum atomic E-state index is -4.61. The third-order valence-corrected chi connectivity index (χ3v) is 3.55. The van der Waals surface area contributed by atoms with E-state index < -0.39 is 23.7 Å². The Morgan fingerprint density at radius 3 is 2.41 bits per heavy atom. The van der Waals surface area contributed by atoms with Crippen LogP contribution in [0.1, 0.15) is 12.0 Å². The number of nitrogens with zero attached hydrogens (tertiary/aromatic N) is 2. The fourth-order valence-corrected chi connectivity index (χ4v) is 2.28. The molecule has 0 amide bonds. The second-order valence-electron chi connectivity index (χ2n) is 5.10. The number of aliphatic hydroxyl groups is 1. The zero-order chi connectivity index (χ0) is 16.3. The van der Waals surface area contributed by atoms with Crippen LogP contribution in [0.2, 0.25) is 0 Å². The fourth-order valence-electron chi connectivity index (χ4n) is 2.28. The van der Waals surface area contributed by atoms with Gasteiger partial charge in [-0.15, -0.1) is 0 Å². The van der Waals surface area contributed by atoms with Gasteiger partial charge in [-0.2, -0.15) is 13.2 Å². The van der Waals surface area contributed by atoms with Crippen molar-refractivity contribution < 1.29 is 23.2 Å². The predicted molar refractivity (Wildman–Crippen MR) is 74.2 cm³/mol. The Hall–Kier alpha value is -1.93. The van der Waals surface area contributed by atoms with Gasteiger partial charge in [0.2, 0.25) is 0 Å². The normalized spacial score (nSPS) is 17.9. The number of alkyl halides is 3. The molecule has 1 atom stereocenters. The van der Waals surface area contributed by atoms with Crippen LogP contribution in [0, 0.1) is 10.1 Å². The van der Waals surface area contributed by atoms with Crippen LogP contribution in [0.25, 0.3) is 5.57 Å². The largest absolute Gasteiger partial charge is 0.415 e. The SMILES string of the molecule is O=[N+]([O-])c1ccc(C2=CCN(CC(O)C(F)(F)F)CC2)cc1. The summed E-state index contributed by atoms with van der Waals surface area (Å²) in [6.45, 7) is 0.253. The summed E-state index contributed by atoms with van der Waals surface area (Å²) >= 11 is 0. The molecule has 1 heterocycles. The summed E-state index contributed by atoms with van der Waals surface area (Å²) in [4.78, 5) is 11.6. The van der Waals surface area contributed by atoms with Crippen LogP contribution in [0.5, 0.6) is 0 Å². The molecule has 0 aromatic heterocycles. The molecule has 0 radical (unpaired) electrons. The van der Waals surface area contributed by atoms with Crippen molar-refractivity contribution in [2.75, 3.05) is 19.6 Å². The van der Waals surface area contributed by atoms with Crippen LogP contribution in [-0.2, 0) is 0 Å². The summed E-state index contributed by atoms with van der Waals surface area (Å²) in [5.74, 6) is 0. The maximum absolute atomic E-state index is 12.3. The third kappa shape index (κ3) is 4.05. The zero-order valence-corrected chi connectivity index (χ0v) is 11.6. The monoisotopic (exact) mass is 316 g/mol. The molecule has 22 heavy (non-hydrogen) atoms. The second kappa shape index (κ2) is 6.45. The number of benzene rings is 1. The van der Waals surface area contributed by atoms with Gasteiger partial charge in [-0.3, -0.25) is 15.0 Å². The Balaban J connectivity index is 1.98. The van der Waals surface area contributed by atoms with Crippen LogP contribution in [0.15, 0.2) is 30.3 Å². The second-order valence-corrected chi connectivity index (χ2v) is 5.10. The smallest absolute Gasteiger partial charge is 0.382 e. The number of rotatable bonds is 4. The van der Waals surface area contributed by atoms with Gasteiger partial charge in [0.05, 0.1) is 4.92 Å². The molecule has 0 saturated heterocycles. The van der Waals surface area contributed by atoms with E-state index >= 15 is 0 Å². The first-order valence-electron chi connectivity index (χ1n) is 6.68. The van der Waals surface area contributed by atoms with Crippen molar-refractivity contribution in [2.45, 2.75) is 18.7 Å². The van der Waals surface area contributed by atoms with E-state index in [2.05, 4.69) is 0 Å². The van der Waals surface area contributed by atoms with Crippen molar-refractivity contribution in [3.05, 3.63) is 46.0 Å². The van der Waals surface area contributed by atoms with Crippen molar-refractivity contribution in [3.8, 4) is 0 Å². The van der Waals surface area contributed by atoms with Gasteiger partial charge >= 0.3 is 6.18 Å². The van der Waals surface area contributed by atoms with Crippen molar-refractivity contribution in [3.63, 3.8) is 0 Å². The number of halogens is 3. The fraction of sp³-hybridized carbons (Fsp3) is 0.429. The van der Waals surface area contributed by atoms with E-state index in [-0.39, 0.29) is 5.69 Å². The highest BCUT2D eigenvalue weighted by atomic mass is 19.4. The maximum atomic E-state index is 12.3. The number of non-ortho nitro benzene ring substituents is 1. The van der Waals surface area contributed by atoms with Gasteiger partial charge in [0, 0.05) is 31.8 Å². The van der Waals surface area contributed by atoms with Crippen LogP contribution in [0.3, 0.4) is 0 Å². The lowest BCUT2D eigenvalue weighted by atomic mass is 9.99. The van der Waals surface area contributed by atoms with Crippen LogP contribution in [-0.4, -0.2) is 46.8 Å². The first-order chi connectivity index (χ1) is 10.3. The molecule has 120 valence electrons. The molecular formula is C14H15F3N2O3. The quantitative estimate of drug-likeness (QED) is 0.685. The molecular weight excluding hydrogens is 301 g/mol. The number of hydrogen-bond donors (Lipinski definition) is 1. The number of β-amino-alcohol motifs (C(OH)–C–C–N with tert-alkyl or cyclic N) is 1. The van der Waals surface area contributed by atoms with E-state index in [1.807, 2.05) is 0 Å². The third-order valence-electron chi connectivity index (χ3n) is 3.55. The summed E-state index contributed by atoms with van der Waals surface area (Å²) in [5.41, 5.74) is 1.75. The molecule has 1 aliphatic rings. The molecule has 0 saturated carbocycles. The van der Waals surface area contributed by atoms with Crippen LogP contribution in [0.4, 0.5) is 18.9 Å². The topological polar surface area (TPSA) is 66.6 Å². The number of nitro benzene ring substituents is 1. The first-order valence-corrected chi connectivity index (χ1v) is 6.68. The molecule has 1 N–H and O–H groups in total. The lowest BCUT2D eigenvalue weighted by Gasteiger charge is -2.29. The molecule has 0 aliphatic carbocycles. The lowest BCUT2D eigenvalue weighted by molar-refractivity contribution is -0.384. The van der Waals surface area contributed by atoms with Gasteiger partial charge in [-0.1, -0.05) is 6.08 Å². The van der Waals surface area contributed by atoms with Crippen molar-refractivity contribution in [1.82, 2.24) is 4.90 Å². The van der Waals surface area contributed by atoms with E-state index in [1.165, 1.54) is 17.0 Å². The van der Waals surface area contributed by atoms with Gasteiger partial charge in [-0.25, -0.2) is 0 Å². The van der Waals surface area contributed by atoms with E-state index in [0.29, 0.717) is 19.5 Å². The first kappa shape index (κ1) is 16.4. The molecule has 1 aromatic carbocycles. The van der Waals surface area contributed by atoms with Crippen LogP contribution >= 0.6 is 0 Å². The summed E-state index contributed by atoms with van der Waals surface area (Å²) < 4.78 is 36.9. The molecule has 1 aromatic rings. The summed E-state index contributed by atoms with van der Waals surface area (Å²) in [7, 11) is 0. The Morgan fingerprint density at radius 1 is 1.32 bits per heavy atom.